The number of hydrogen-bond acceptors (Lipinski definition) is 4. The summed E-state index contributed by atoms with van der Waals surface area (Å²) in [5.41, 5.74) is -0.606. The molecule has 0 spiro atoms. The first-order valence-corrected chi connectivity index (χ1v) is 14.9. The second-order valence-electron chi connectivity index (χ2n) is 5.22. The summed E-state index contributed by atoms with van der Waals surface area (Å²) in [5.74, 6) is -0.322. The molecular formula is C12H22INO4Zn. The van der Waals surface area contributed by atoms with Crippen molar-refractivity contribution in [3.63, 3.8) is 0 Å². The monoisotopic (exact) mass is 435 g/mol. The molecule has 1 amide bonds. The van der Waals surface area contributed by atoms with Crippen molar-refractivity contribution in [2.24, 2.45) is 5.92 Å². The van der Waals surface area contributed by atoms with Crippen molar-refractivity contribution < 1.29 is 33.9 Å². The molecule has 0 heterocycles. The molecule has 1 atom stereocenters. The standard InChI is InChI=1S/C12H22NO4.HI.Zn/c1-8(2)7-16-10(14)9(3)13-11(15)17-12(4,5)6;;/h8-9H,3,7H2,1-2,4-6H3,(H,13,15);1H;/q-1;;+2/p-1/t9-;;/m0../s1. The van der Waals surface area contributed by atoms with Crippen molar-refractivity contribution in [2.45, 2.75) is 46.3 Å². The van der Waals surface area contributed by atoms with Gasteiger partial charge in [-0.05, 0) is 26.7 Å². The topological polar surface area (TPSA) is 64.6 Å². The normalized spacial score (nSPS) is 12.1. The molecule has 0 saturated heterocycles. The number of carbonyl (C=O) groups excluding carboxylic acids is 2. The van der Waals surface area contributed by atoms with Crippen LogP contribution in [0.2, 0.25) is 0 Å². The number of amides is 1. The SMILES string of the molecule is [CH2-][C@H](NC(=O)OC(C)(C)C)C(=O)OCC(C)C.[Zn+][I]. The molecule has 0 saturated carbocycles. The van der Waals surface area contributed by atoms with E-state index in [-0.39, 0.29) is 5.92 Å². The number of hydrogen-bond donors (Lipinski definition) is 1. The number of halogens is 1. The van der Waals surface area contributed by atoms with E-state index in [1.807, 2.05) is 13.8 Å². The second kappa shape index (κ2) is 10.8. The van der Waals surface area contributed by atoms with Crippen LogP contribution in [-0.4, -0.2) is 30.3 Å². The van der Waals surface area contributed by atoms with Gasteiger partial charge in [-0.1, -0.05) is 13.8 Å². The number of esters is 1. The predicted octanol–water partition coefficient (Wildman–Crippen LogP) is 2.80. The van der Waals surface area contributed by atoms with Gasteiger partial charge < -0.3 is 21.7 Å². The Labute approximate surface area is 136 Å². The Balaban J connectivity index is 0. The molecule has 0 aliphatic carbocycles. The zero-order valence-electron chi connectivity index (χ0n) is 12.3. The molecule has 5 nitrogen and oxygen atoms in total. The summed E-state index contributed by atoms with van der Waals surface area (Å²) in [6.45, 7) is 12.9. The fraction of sp³-hybridized carbons (Fsp3) is 0.750. The molecule has 0 radical (unpaired) electrons. The van der Waals surface area contributed by atoms with Crippen LogP contribution in [0.4, 0.5) is 4.79 Å². The van der Waals surface area contributed by atoms with Gasteiger partial charge in [-0.3, -0.25) is 4.79 Å². The average Bonchev–Trinajstić information content (AvgIpc) is 2.25. The number of alkyl carbamates (subject to hydrolysis) is 1. The van der Waals surface area contributed by atoms with E-state index in [9.17, 15) is 9.59 Å². The van der Waals surface area contributed by atoms with E-state index in [0.717, 1.165) is 0 Å². The maximum atomic E-state index is 11.4. The van der Waals surface area contributed by atoms with Crippen LogP contribution in [0.5, 0.6) is 0 Å². The molecule has 0 aromatic heterocycles. The van der Waals surface area contributed by atoms with Gasteiger partial charge in [-0.15, -0.1) is 0 Å². The molecule has 1 N–H and O–H groups in total. The fourth-order valence-corrected chi connectivity index (χ4v) is 0.858. The minimum atomic E-state index is -0.955. The quantitative estimate of drug-likeness (QED) is 0.319. The molecule has 0 aliphatic heterocycles. The first-order valence-electron chi connectivity index (χ1n) is 5.88. The van der Waals surface area contributed by atoms with E-state index in [0.29, 0.717) is 6.61 Å². The average molecular weight is 437 g/mol. The van der Waals surface area contributed by atoms with Crippen LogP contribution >= 0.6 is 19.8 Å². The number of carbonyl (C=O) groups is 2. The van der Waals surface area contributed by atoms with Crippen molar-refractivity contribution in [1.82, 2.24) is 5.32 Å². The van der Waals surface area contributed by atoms with Crippen LogP contribution in [-0.2, 0) is 29.1 Å². The van der Waals surface area contributed by atoms with Crippen LogP contribution in [0.15, 0.2) is 0 Å². The molecule has 0 rings (SSSR count). The van der Waals surface area contributed by atoms with E-state index in [1.54, 1.807) is 20.8 Å². The molecular weight excluding hydrogens is 414 g/mol. The van der Waals surface area contributed by atoms with E-state index in [2.05, 4.69) is 32.0 Å². The molecule has 0 aromatic carbocycles. The first-order chi connectivity index (χ1) is 8.61. The molecule has 0 aliphatic rings. The van der Waals surface area contributed by atoms with Gasteiger partial charge in [-0.25, -0.2) is 4.79 Å². The Morgan fingerprint density at radius 2 is 1.79 bits per heavy atom. The number of rotatable bonds is 4. The van der Waals surface area contributed by atoms with Gasteiger partial charge in [0.2, 0.25) is 0 Å². The van der Waals surface area contributed by atoms with E-state index in [4.69, 9.17) is 9.47 Å². The Morgan fingerprint density at radius 3 is 2.16 bits per heavy atom. The van der Waals surface area contributed by atoms with Gasteiger partial charge in [-0.2, -0.15) is 0 Å². The van der Waals surface area contributed by atoms with Gasteiger partial charge >= 0.3 is 40.6 Å². The maximum absolute atomic E-state index is 11.4. The second-order valence-corrected chi connectivity index (χ2v) is 5.22. The summed E-state index contributed by atoms with van der Waals surface area (Å²) >= 11 is 3.62. The van der Waals surface area contributed by atoms with Crippen molar-refractivity contribution in [3.8, 4) is 0 Å². The predicted molar refractivity (Wildman–Crippen MR) is 78.3 cm³/mol. The van der Waals surface area contributed by atoms with Crippen LogP contribution in [0.3, 0.4) is 0 Å². The van der Waals surface area contributed by atoms with Gasteiger partial charge in [0, 0.05) is 6.04 Å². The minimum absolute atomic E-state index is 0.243. The first kappa shape index (κ1) is 21.4. The van der Waals surface area contributed by atoms with Crippen molar-refractivity contribution in [1.29, 1.82) is 0 Å². The van der Waals surface area contributed by atoms with E-state index < -0.39 is 23.7 Å². The Morgan fingerprint density at radius 1 is 1.32 bits per heavy atom. The van der Waals surface area contributed by atoms with E-state index in [1.165, 1.54) is 14.8 Å². The summed E-state index contributed by atoms with van der Waals surface area (Å²) in [6.07, 6.45) is -0.681. The molecule has 0 unspecified atom stereocenters. The van der Waals surface area contributed by atoms with Crippen LogP contribution < -0.4 is 5.32 Å². The summed E-state index contributed by atoms with van der Waals surface area (Å²) in [6, 6.07) is -0.955. The van der Waals surface area contributed by atoms with Crippen molar-refractivity contribution in [3.05, 3.63) is 6.92 Å². The Hall–Kier alpha value is 0.0934. The van der Waals surface area contributed by atoms with Gasteiger partial charge in [0.1, 0.15) is 5.60 Å². The zero-order chi connectivity index (χ0) is 15.6. The summed E-state index contributed by atoms with van der Waals surface area (Å²) in [4.78, 5) is 22.7. The Bertz CT molecular complexity index is 279. The van der Waals surface area contributed by atoms with Crippen molar-refractivity contribution >= 4 is 31.8 Å². The van der Waals surface area contributed by atoms with E-state index >= 15 is 0 Å². The number of nitrogens with one attached hydrogen (secondary N) is 1. The third-order valence-electron chi connectivity index (χ3n) is 1.53. The van der Waals surface area contributed by atoms with Gasteiger partial charge in [0.25, 0.3) is 5.97 Å². The molecule has 0 fully saturated rings. The fourth-order valence-electron chi connectivity index (χ4n) is 0.858. The Kier molecular flexibility index (Phi) is 12.2. The molecule has 0 bridgehead atoms. The van der Waals surface area contributed by atoms with Crippen molar-refractivity contribution in [2.75, 3.05) is 6.61 Å². The van der Waals surface area contributed by atoms with Gasteiger partial charge in [0.15, 0.2) is 0 Å². The molecule has 7 heteroatoms. The third kappa shape index (κ3) is 14.3. The molecule has 0 aromatic rings. The zero-order valence-corrected chi connectivity index (χ0v) is 17.4. The summed E-state index contributed by atoms with van der Waals surface area (Å²) in [7, 11) is 0. The third-order valence-corrected chi connectivity index (χ3v) is 1.53. The van der Waals surface area contributed by atoms with Crippen LogP contribution in [0.1, 0.15) is 34.6 Å². The summed E-state index contributed by atoms with van der Waals surface area (Å²) in [5, 5.41) is 2.31. The van der Waals surface area contributed by atoms with Gasteiger partial charge in [0.05, 0.1) is 6.61 Å². The summed E-state index contributed by atoms with van der Waals surface area (Å²) < 4.78 is 9.91. The molecule has 19 heavy (non-hydrogen) atoms. The van der Waals surface area contributed by atoms with Crippen LogP contribution in [0, 0.1) is 12.8 Å². The molecule has 108 valence electrons. The number of ether oxygens (including phenoxy) is 2. The van der Waals surface area contributed by atoms with Crippen LogP contribution in [0.25, 0.3) is 0 Å².